The number of anilines is 1. The van der Waals surface area contributed by atoms with Gasteiger partial charge in [0.05, 0.1) is 17.0 Å². The van der Waals surface area contributed by atoms with E-state index in [1.807, 2.05) is 18.2 Å². The van der Waals surface area contributed by atoms with Crippen LogP contribution in [-0.2, 0) is 6.42 Å². The van der Waals surface area contributed by atoms with Crippen molar-refractivity contribution in [1.82, 2.24) is 15.1 Å². The third-order valence-corrected chi connectivity index (χ3v) is 3.08. The van der Waals surface area contributed by atoms with Crippen LogP contribution in [-0.4, -0.2) is 15.1 Å². The van der Waals surface area contributed by atoms with Crippen LogP contribution in [0.2, 0.25) is 5.02 Å². The molecule has 5 nitrogen and oxygen atoms in total. The molecule has 0 saturated carbocycles. The molecule has 0 spiro atoms. The average molecular weight is 287 g/mol. The largest absolute Gasteiger partial charge is 0.399 e. The molecule has 2 heterocycles. The van der Waals surface area contributed by atoms with Gasteiger partial charge in [0.25, 0.3) is 5.89 Å². The topological polar surface area (TPSA) is 77.8 Å². The lowest BCUT2D eigenvalue weighted by Gasteiger charge is -1.99. The van der Waals surface area contributed by atoms with Gasteiger partial charge in [0.2, 0.25) is 0 Å². The Balaban J connectivity index is 1.88. The predicted octanol–water partition coefficient (Wildman–Crippen LogP) is 2.96. The minimum atomic E-state index is 0.355. The van der Waals surface area contributed by atoms with E-state index in [0.717, 1.165) is 5.69 Å². The first-order valence-electron chi connectivity index (χ1n) is 6.00. The van der Waals surface area contributed by atoms with Crippen LogP contribution in [0.3, 0.4) is 0 Å². The standard InChI is InChI=1S/C14H11ClN4O/c15-12-5-4-9(16)7-11(12)14-18-13(19-20-14)8-10-3-1-2-6-17-10/h1-7H,8,16H2. The maximum atomic E-state index is 6.10. The molecule has 0 radical (unpaired) electrons. The van der Waals surface area contributed by atoms with Crippen molar-refractivity contribution in [3.05, 3.63) is 59.1 Å². The Morgan fingerprint density at radius 1 is 1.20 bits per heavy atom. The van der Waals surface area contributed by atoms with E-state index in [-0.39, 0.29) is 0 Å². The van der Waals surface area contributed by atoms with Gasteiger partial charge >= 0.3 is 0 Å². The zero-order valence-corrected chi connectivity index (χ0v) is 11.2. The molecule has 3 rings (SSSR count). The van der Waals surface area contributed by atoms with Crippen LogP contribution in [0.25, 0.3) is 11.5 Å². The number of nitrogens with zero attached hydrogens (tertiary/aromatic N) is 3. The molecule has 20 heavy (non-hydrogen) atoms. The minimum absolute atomic E-state index is 0.355. The smallest absolute Gasteiger partial charge is 0.259 e. The van der Waals surface area contributed by atoms with Crippen LogP contribution >= 0.6 is 11.6 Å². The van der Waals surface area contributed by atoms with Gasteiger partial charge in [0.1, 0.15) is 0 Å². The number of rotatable bonds is 3. The second-order valence-electron chi connectivity index (χ2n) is 4.25. The Hall–Kier alpha value is -2.40. The highest BCUT2D eigenvalue weighted by molar-refractivity contribution is 6.33. The summed E-state index contributed by atoms with van der Waals surface area (Å²) in [6.07, 6.45) is 2.23. The molecule has 0 fully saturated rings. The molecular formula is C14H11ClN4O. The first kappa shape index (κ1) is 12.6. The van der Waals surface area contributed by atoms with Crippen LogP contribution in [0, 0.1) is 0 Å². The van der Waals surface area contributed by atoms with E-state index in [1.54, 1.807) is 24.4 Å². The van der Waals surface area contributed by atoms with E-state index in [9.17, 15) is 0 Å². The van der Waals surface area contributed by atoms with Crippen molar-refractivity contribution in [2.24, 2.45) is 0 Å². The normalized spacial score (nSPS) is 10.7. The van der Waals surface area contributed by atoms with E-state index in [2.05, 4.69) is 15.1 Å². The summed E-state index contributed by atoms with van der Waals surface area (Å²) in [4.78, 5) is 8.54. The summed E-state index contributed by atoms with van der Waals surface area (Å²) >= 11 is 6.10. The second kappa shape index (κ2) is 5.30. The lowest BCUT2D eigenvalue weighted by Crippen LogP contribution is -1.93. The van der Waals surface area contributed by atoms with E-state index in [1.165, 1.54) is 0 Å². The lowest BCUT2D eigenvalue weighted by molar-refractivity contribution is 0.423. The molecule has 100 valence electrons. The number of benzene rings is 1. The molecule has 3 aromatic rings. The molecule has 0 unspecified atom stereocenters. The van der Waals surface area contributed by atoms with Crippen molar-refractivity contribution in [2.75, 3.05) is 5.73 Å². The summed E-state index contributed by atoms with van der Waals surface area (Å²) in [5, 5.41) is 4.45. The maximum Gasteiger partial charge on any atom is 0.259 e. The molecule has 1 aromatic carbocycles. The fourth-order valence-corrected chi connectivity index (χ4v) is 2.01. The summed E-state index contributed by atoms with van der Waals surface area (Å²) in [5.74, 6) is 0.908. The molecule has 0 aliphatic heterocycles. The van der Waals surface area contributed by atoms with E-state index in [4.69, 9.17) is 21.9 Å². The monoisotopic (exact) mass is 286 g/mol. The Kier molecular flexibility index (Phi) is 3.35. The fourth-order valence-electron chi connectivity index (χ4n) is 1.81. The van der Waals surface area contributed by atoms with Gasteiger partial charge in [-0.1, -0.05) is 22.8 Å². The van der Waals surface area contributed by atoms with Crippen molar-refractivity contribution in [2.45, 2.75) is 6.42 Å². The molecule has 0 aliphatic rings. The number of nitrogens with two attached hydrogens (primary N) is 1. The molecule has 2 aromatic heterocycles. The van der Waals surface area contributed by atoms with Crippen molar-refractivity contribution in [1.29, 1.82) is 0 Å². The van der Waals surface area contributed by atoms with Gasteiger partial charge < -0.3 is 10.3 Å². The number of pyridine rings is 1. The Bertz CT molecular complexity index is 727. The maximum absolute atomic E-state index is 6.10. The molecular weight excluding hydrogens is 276 g/mol. The highest BCUT2D eigenvalue weighted by Gasteiger charge is 2.13. The van der Waals surface area contributed by atoms with E-state index < -0.39 is 0 Å². The van der Waals surface area contributed by atoms with Crippen LogP contribution in [0.1, 0.15) is 11.5 Å². The van der Waals surface area contributed by atoms with Gasteiger partial charge in [-0.25, -0.2) is 0 Å². The Labute approximate surface area is 120 Å². The third-order valence-electron chi connectivity index (χ3n) is 2.75. The van der Waals surface area contributed by atoms with Gasteiger partial charge in [-0.3, -0.25) is 4.98 Å². The van der Waals surface area contributed by atoms with Gasteiger partial charge in [-0.15, -0.1) is 0 Å². The van der Waals surface area contributed by atoms with Crippen LogP contribution < -0.4 is 5.73 Å². The molecule has 0 atom stereocenters. The number of nitrogen functional groups attached to an aromatic ring is 1. The second-order valence-corrected chi connectivity index (χ2v) is 4.66. The summed E-state index contributed by atoms with van der Waals surface area (Å²) in [6, 6.07) is 10.8. The van der Waals surface area contributed by atoms with Gasteiger partial charge in [0.15, 0.2) is 5.82 Å². The molecule has 2 N–H and O–H groups in total. The summed E-state index contributed by atoms with van der Waals surface area (Å²) in [5.41, 5.74) is 7.83. The molecule has 0 aliphatic carbocycles. The van der Waals surface area contributed by atoms with E-state index >= 15 is 0 Å². The van der Waals surface area contributed by atoms with Gasteiger partial charge in [-0.2, -0.15) is 4.98 Å². The van der Waals surface area contributed by atoms with Gasteiger partial charge in [0, 0.05) is 17.6 Å². The zero-order valence-electron chi connectivity index (χ0n) is 10.5. The molecule has 0 amide bonds. The first-order valence-corrected chi connectivity index (χ1v) is 6.38. The number of hydrogen-bond donors (Lipinski definition) is 1. The molecule has 0 bridgehead atoms. The zero-order chi connectivity index (χ0) is 13.9. The van der Waals surface area contributed by atoms with Crippen molar-refractivity contribution >= 4 is 17.3 Å². The molecule has 6 heteroatoms. The number of hydrogen-bond acceptors (Lipinski definition) is 5. The highest BCUT2D eigenvalue weighted by atomic mass is 35.5. The van der Waals surface area contributed by atoms with Gasteiger partial charge in [-0.05, 0) is 30.3 Å². The summed E-state index contributed by atoms with van der Waals surface area (Å²) < 4.78 is 5.23. The number of aromatic nitrogens is 3. The molecule has 0 saturated heterocycles. The van der Waals surface area contributed by atoms with Crippen LogP contribution in [0.5, 0.6) is 0 Å². The van der Waals surface area contributed by atoms with E-state index in [0.29, 0.717) is 34.4 Å². The van der Waals surface area contributed by atoms with Crippen molar-refractivity contribution in [3.63, 3.8) is 0 Å². The summed E-state index contributed by atoms with van der Waals surface area (Å²) in [7, 11) is 0. The average Bonchev–Trinajstić information content (AvgIpc) is 2.91. The fraction of sp³-hybridized carbons (Fsp3) is 0.0714. The third kappa shape index (κ3) is 2.62. The van der Waals surface area contributed by atoms with Crippen LogP contribution in [0.15, 0.2) is 47.1 Å². The Morgan fingerprint density at radius 2 is 2.10 bits per heavy atom. The van der Waals surface area contributed by atoms with Crippen LogP contribution in [0.4, 0.5) is 5.69 Å². The highest BCUT2D eigenvalue weighted by Crippen LogP contribution is 2.28. The Morgan fingerprint density at radius 3 is 2.90 bits per heavy atom. The lowest BCUT2D eigenvalue weighted by atomic mass is 10.2. The predicted molar refractivity (Wildman–Crippen MR) is 76.2 cm³/mol. The minimum Gasteiger partial charge on any atom is -0.399 e. The number of halogens is 1. The van der Waals surface area contributed by atoms with Crippen molar-refractivity contribution < 1.29 is 4.52 Å². The SMILES string of the molecule is Nc1ccc(Cl)c(-c2nc(Cc3ccccn3)no2)c1. The first-order chi connectivity index (χ1) is 9.72. The van der Waals surface area contributed by atoms with Crippen molar-refractivity contribution in [3.8, 4) is 11.5 Å². The summed E-state index contributed by atoms with van der Waals surface area (Å²) in [6.45, 7) is 0. The quantitative estimate of drug-likeness (QED) is 0.749.